The van der Waals surface area contributed by atoms with E-state index in [0.717, 1.165) is 61.3 Å². The van der Waals surface area contributed by atoms with Crippen LogP contribution in [-0.2, 0) is 0 Å². The van der Waals surface area contributed by atoms with E-state index in [1.165, 1.54) is 76.8 Å². The molecule has 0 saturated heterocycles. The van der Waals surface area contributed by atoms with Gasteiger partial charge < -0.3 is 18.7 Å². The molecule has 0 unspecified atom stereocenters. The number of hydrogen-bond donors (Lipinski definition) is 1. The summed E-state index contributed by atoms with van der Waals surface area (Å²) in [5, 5.41) is 8.02. The van der Waals surface area contributed by atoms with Gasteiger partial charge in [0.05, 0.1) is 27.6 Å². The maximum Gasteiger partial charge on any atom is 0.164 e. The normalized spacial score (nSPS) is 11.3. The highest BCUT2D eigenvalue weighted by Crippen LogP contribution is 2.40. The van der Waals surface area contributed by atoms with Gasteiger partial charge in [-0.15, -0.1) is 0 Å². The Hall–Kier alpha value is -13.9. The first-order valence-electron chi connectivity index (χ1n) is 34.9. The van der Waals surface area contributed by atoms with Gasteiger partial charge in [0.15, 0.2) is 34.9 Å². The number of hydrogen-bond acceptors (Lipinski definition) is 6. The van der Waals surface area contributed by atoms with Crippen molar-refractivity contribution in [2.24, 2.45) is 0 Å². The number of nitrogens with zero attached hydrogens (tertiary/aromatic N) is 9. The molecule has 20 rings (SSSR count). The maximum absolute atomic E-state index is 6.14. The second-order valence-corrected chi connectivity index (χ2v) is 26.1. The van der Waals surface area contributed by atoms with Gasteiger partial charge in [0, 0.05) is 106 Å². The fourth-order valence-electron chi connectivity index (χ4n) is 14.1. The molecule has 105 heavy (non-hydrogen) atoms. The Morgan fingerprint density at radius 3 is 1.10 bits per heavy atom. The summed E-state index contributed by atoms with van der Waals surface area (Å²) in [5.74, 6) is 3.81. The quantitative estimate of drug-likeness (QED) is 0.138. The van der Waals surface area contributed by atoms with Gasteiger partial charge in [0.25, 0.3) is 0 Å². The molecule has 0 atom stereocenters. The van der Waals surface area contributed by atoms with Gasteiger partial charge in [-0.1, -0.05) is 303 Å². The summed E-state index contributed by atoms with van der Waals surface area (Å²) in [5.41, 5.74) is 20.8. The molecule has 10 nitrogen and oxygen atoms in total. The number of para-hydroxylation sites is 2. The highest BCUT2D eigenvalue weighted by atomic mass is 35.5. The van der Waals surface area contributed by atoms with Crippen molar-refractivity contribution in [1.82, 2.24) is 48.6 Å². The summed E-state index contributed by atoms with van der Waals surface area (Å²) in [7, 11) is 0. The monoisotopic (exact) mass is 1370 g/mol. The lowest BCUT2D eigenvalue weighted by Gasteiger charge is -2.13. The molecule has 0 amide bonds. The van der Waals surface area contributed by atoms with Gasteiger partial charge in [-0.2, -0.15) is 0 Å². The van der Waals surface area contributed by atoms with Crippen LogP contribution in [0.4, 0.5) is 0 Å². The number of halogens is 1. The van der Waals surface area contributed by atoms with Crippen LogP contribution in [-0.4, -0.2) is 48.6 Å². The minimum atomic E-state index is 0.607. The Morgan fingerprint density at radius 2 is 0.610 bits per heavy atom. The average Bonchev–Trinajstić information content (AvgIpc) is 1.57. The maximum atomic E-state index is 6.14. The number of aromatic amines is 1. The van der Waals surface area contributed by atoms with E-state index in [-0.39, 0.29) is 0 Å². The first-order chi connectivity index (χ1) is 52.0. The molecule has 496 valence electrons. The molecule has 0 saturated carbocycles. The zero-order valence-corrected chi connectivity index (χ0v) is 57.5. The van der Waals surface area contributed by atoms with Crippen LogP contribution < -0.4 is 0 Å². The predicted octanol–water partition coefficient (Wildman–Crippen LogP) is 24.0. The summed E-state index contributed by atoms with van der Waals surface area (Å²) in [6.07, 6.45) is 4.34. The van der Waals surface area contributed by atoms with E-state index in [9.17, 15) is 0 Å². The molecule has 1 N–H and O–H groups in total. The largest absolute Gasteiger partial charge is 0.353 e. The summed E-state index contributed by atoms with van der Waals surface area (Å²) in [6.45, 7) is 0. The third kappa shape index (κ3) is 12.5. The van der Waals surface area contributed by atoms with Crippen LogP contribution in [0.25, 0.3) is 173 Å². The van der Waals surface area contributed by atoms with Crippen LogP contribution in [0.5, 0.6) is 0 Å². The van der Waals surface area contributed by atoms with Gasteiger partial charge >= 0.3 is 0 Å². The number of aromatic nitrogens is 10. The highest BCUT2D eigenvalue weighted by Gasteiger charge is 2.21. The van der Waals surface area contributed by atoms with Crippen molar-refractivity contribution in [2.45, 2.75) is 0 Å². The molecule has 0 bridgehead atoms. The van der Waals surface area contributed by atoms with Crippen LogP contribution >= 0.6 is 11.6 Å². The Labute approximate surface area is 610 Å². The lowest BCUT2D eigenvalue weighted by atomic mass is 10.1. The third-order valence-corrected chi connectivity index (χ3v) is 19.4. The van der Waals surface area contributed by atoms with Crippen LogP contribution in [0.3, 0.4) is 0 Å². The molecule has 0 radical (unpaired) electrons. The first-order valence-corrected chi connectivity index (χ1v) is 35.3. The van der Waals surface area contributed by atoms with E-state index in [1.54, 1.807) is 0 Å². The molecule has 0 spiro atoms. The van der Waals surface area contributed by atoms with E-state index in [1.807, 2.05) is 146 Å². The van der Waals surface area contributed by atoms with Crippen molar-refractivity contribution < 1.29 is 0 Å². The van der Waals surface area contributed by atoms with Crippen molar-refractivity contribution in [3.63, 3.8) is 0 Å². The molecule has 14 aromatic carbocycles. The fourth-order valence-corrected chi connectivity index (χ4v) is 14.3. The number of H-pyrrole nitrogens is 1. The SMILES string of the molecule is Clc1cccc(-c2nc(-c3ccccc3)nc(-c3ccccc3)n2)c1.c1ccc(-c2ccc(-n3ccc4ccc5c6ccccc6[nH]c5c43)cc2)cc1.c1ccc(-c2ccc(-n3ccc4ccc5c6ccccc6n(-c6cccc(-c7nc(-c8ccccc8)nc(-c8ccccc8)n7)c6)c5c43)cc2)cc1. The Balaban J connectivity index is 0.000000124. The Bertz CT molecular complexity index is 6380. The zero-order chi connectivity index (χ0) is 70.0. The van der Waals surface area contributed by atoms with Crippen molar-refractivity contribution in [1.29, 1.82) is 0 Å². The second kappa shape index (κ2) is 27.9. The fraction of sp³-hybridized carbons (Fsp3) is 0. The molecule has 11 heteroatoms. The smallest absolute Gasteiger partial charge is 0.164 e. The van der Waals surface area contributed by atoms with E-state index < -0.39 is 0 Å². The average molecular weight is 1370 g/mol. The molecule has 20 aromatic rings. The summed E-state index contributed by atoms with van der Waals surface area (Å²) < 4.78 is 6.99. The molecule has 0 aliphatic heterocycles. The molecular weight excluding hydrogens is 1300 g/mol. The number of nitrogens with one attached hydrogen (secondary N) is 1. The number of benzene rings is 14. The third-order valence-electron chi connectivity index (χ3n) is 19.2. The van der Waals surface area contributed by atoms with Gasteiger partial charge in [-0.3, -0.25) is 0 Å². The molecule has 6 aromatic heterocycles. The van der Waals surface area contributed by atoms with Crippen molar-refractivity contribution in [3.8, 4) is 108 Å². The van der Waals surface area contributed by atoms with Gasteiger partial charge in [0.2, 0.25) is 0 Å². The Morgan fingerprint density at radius 1 is 0.238 bits per heavy atom. The first kappa shape index (κ1) is 63.3. The van der Waals surface area contributed by atoms with E-state index in [2.05, 4.69) is 264 Å². The topological polar surface area (TPSA) is 108 Å². The van der Waals surface area contributed by atoms with Crippen molar-refractivity contribution in [2.75, 3.05) is 0 Å². The van der Waals surface area contributed by atoms with Gasteiger partial charge in [-0.25, -0.2) is 29.9 Å². The summed E-state index contributed by atoms with van der Waals surface area (Å²) in [6, 6.07) is 125. The number of rotatable bonds is 11. The van der Waals surface area contributed by atoms with Crippen LogP contribution in [0.2, 0.25) is 5.02 Å². The summed E-state index contributed by atoms with van der Waals surface area (Å²) in [4.78, 5) is 32.6. The van der Waals surface area contributed by atoms with Crippen molar-refractivity contribution in [3.05, 3.63) is 381 Å². The van der Waals surface area contributed by atoms with Crippen LogP contribution in [0.15, 0.2) is 376 Å². The van der Waals surface area contributed by atoms with Crippen LogP contribution in [0.1, 0.15) is 0 Å². The van der Waals surface area contributed by atoms with Gasteiger partial charge in [0.1, 0.15) is 0 Å². The molecule has 0 aliphatic carbocycles. The van der Waals surface area contributed by atoms with Crippen LogP contribution in [0, 0.1) is 0 Å². The molecular formula is C94H63ClN10. The summed E-state index contributed by atoms with van der Waals surface area (Å²) >= 11 is 6.14. The minimum Gasteiger partial charge on any atom is -0.353 e. The molecule has 0 fully saturated rings. The lowest BCUT2D eigenvalue weighted by Crippen LogP contribution is -2.01. The Kier molecular flexibility index (Phi) is 16.8. The zero-order valence-electron chi connectivity index (χ0n) is 56.7. The molecule has 0 aliphatic rings. The molecule has 6 heterocycles. The lowest BCUT2D eigenvalue weighted by molar-refractivity contribution is 1.07. The highest BCUT2D eigenvalue weighted by molar-refractivity contribution is 6.30. The van der Waals surface area contributed by atoms with E-state index in [4.69, 9.17) is 26.6 Å². The minimum absolute atomic E-state index is 0.607. The number of fused-ring (bicyclic) bond motifs is 10. The second-order valence-electron chi connectivity index (χ2n) is 25.7. The van der Waals surface area contributed by atoms with Gasteiger partial charge in [-0.05, 0) is 95.1 Å². The van der Waals surface area contributed by atoms with Crippen molar-refractivity contribution >= 4 is 77.0 Å². The standard InChI is InChI=1S/C47H31N5.C26H18N2.C21H14ClN3/c1-4-13-32(14-5-1)33-23-26-38(27-24-33)51-30-29-34-25-28-41-40-21-10-11-22-42(40)52(44(41)43(34)51)39-20-12-19-37(31-39)47-49-45(35-15-6-2-7-16-35)48-46(50-47)36-17-8-3-9-18-36;1-2-6-18(7-3-1)19-10-13-21(14-11-19)28-17-16-20-12-15-23-22-8-4-5-9-24(22)27-25(23)26(20)28;22-18-13-7-12-17(14-18)21-24-19(15-8-3-1-4-9-15)23-20(25-21)16-10-5-2-6-11-16/h1-31H;1-17,27H;1-14H. The van der Waals surface area contributed by atoms with E-state index in [0.29, 0.717) is 40.0 Å². The predicted molar refractivity (Wildman–Crippen MR) is 432 cm³/mol. The van der Waals surface area contributed by atoms with E-state index >= 15 is 0 Å².